The minimum absolute atomic E-state index is 0.120. The van der Waals surface area contributed by atoms with Gasteiger partial charge in [-0.1, -0.05) is 18.2 Å². The molecule has 0 aliphatic heterocycles. The first kappa shape index (κ1) is 18.6. The van der Waals surface area contributed by atoms with Crippen molar-refractivity contribution in [2.75, 3.05) is 6.61 Å². The van der Waals surface area contributed by atoms with Crippen molar-refractivity contribution >= 4 is 0 Å². The minimum Gasteiger partial charge on any atom is -0.396 e. The molecule has 1 aromatic rings. The van der Waals surface area contributed by atoms with E-state index in [0.29, 0.717) is 12.1 Å². The Balaban J connectivity index is 3.35. The molecule has 22 heavy (non-hydrogen) atoms. The van der Waals surface area contributed by atoms with Crippen molar-refractivity contribution in [3.8, 4) is 0 Å². The number of alkyl halides is 9. The molecule has 0 aromatic heterocycles. The van der Waals surface area contributed by atoms with Crippen LogP contribution in [-0.2, 0) is 12.3 Å². The van der Waals surface area contributed by atoms with E-state index in [1.165, 1.54) is 0 Å². The summed E-state index contributed by atoms with van der Waals surface area (Å²) in [7, 11) is 0. The zero-order chi connectivity index (χ0) is 17.4. The molecule has 0 unspecified atom stereocenters. The SMILES string of the molecule is OCCc1cccc(C(F)(F)C(F)(F)C(F)(F)C(F)(F)F)c1. The topological polar surface area (TPSA) is 20.2 Å². The summed E-state index contributed by atoms with van der Waals surface area (Å²) in [5.41, 5.74) is -1.82. The van der Waals surface area contributed by atoms with Gasteiger partial charge in [-0.15, -0.1) is 0 Å². The lowest BCUT2D eigenvalue weighted by Crippen LogP contribution is -2.59. The maximum atomic E-state index is 13.6. The Morgan fingerprint density at radius 1 is 0.818 bits per heavy atom. The minimum atomic E-state index is -6.92. The molecule has 0 amide bonds. The maximum absolute atomic E-state index is 13.6. The van der Waals surface area contributed by atoms with Crippen LogP contribution in [0.25, 0.3) is 0 Å². The molecular formula is C12H9F9O. The highest BCUT2D eigenvalue weighted by molar-refractivity contribution is 5.29. The Kier molecular flexibility index (Phi) is 4.76. The van der Waals surface area contributed by atoms with Crippen LogP contribution >= 0.6 is 0 Å². The summed E-state index contributed by atoms with van der Waals surface area (Å²) in [4.78, 5) is 0. The second kappa shape index (κ2) is 5.64. The Morgan fingerprint density at radius 3 is 1.82 bits per heavy atom. The van der Waals surface area contributed by atoms with Crippen molar-refractivity contribution in [3.05, 3.63) is 35.4 Å². The fourth-order valence-electron chi connectivity index (χ4n) is 1.61. The van der Waals surface area contributed by atoms with Crippen molar-refractivity contribution in [2.24, 2.45) is 0 Å². The van der Waals surface area contributed by atoms with Crippen LogP contribution in [0.2, 0.25) is 0 Å². The molecule has 0 fully saturated rings. The van der Waals surface area contributed by atoms with Gasteiger partial charge in [0.2, 0.25) is 0 Å². The highest BCUT2D eigenvalue weighted by Crippen LogP contribution is 2.56. The van der Waals surface area contributed by atoms with Crippen molar-refractivity contribution in [1.29, 1.82) is 0 Å². The van der Waals surface area contributed by atoms with E-state index in [-0.39, 0.29) is 12.0 Å². The summed E-state index contributed by atoms with van der Waals surface area (Å²) in [5.74, 6) is -19.4. The molecule has 0 heterocycles. The first-order valence-corrected chi connectivity index (χ1v) is 5.69. The van der Waals surface area contributed by atoms with Crippen molar-refractivity contribution in [2.45, 2.75) is 30.4 Å². The van der Waals surface area contributed by atoms with Crippen LogP contribution in [0.4, 0.5) is 39.5 Å². The van der Waals surface area contributed by atoms with Gasteiger partial charge in [-0.2, -0.15) is 39.5 Å². The predicted molar refractivity (Wildman–Crippen MR) is 57.1 cm³/mol. The number of benzene rings is 1. The van der Waals surface area contributed by atoms with Crippen LogP contribution in [-0.4, -0.2) is 29.7 Å². The average Bonchev–Trinajstić information content (AvgIpc) is 2.37. The van der Waals surface area contributed by atoms with Gasteiger partial charge in [-0.25, -0.2) is 0 Å². The predicted octanol–water partition coefficient (Wildman–Crippen LogP) is 4.15. The smallest absolute Gasteiger partial charge is 0.396 e. The molecular weight excluding hydrogens is 331 g/mol. The Morgan fingerprint density at radius 2 is 1.36 bits per heavy atom. The van der Waals surface area contributed by atoms with E-state index in [1.807, 2.05) is 0 Å². The van der Waals surface area contributed by atoms with Gasteiger partial charge in [0.05, 0.1) is 0 Å². The third-order valence-corrected chi connectivity index (χ3v) is 2.83. The lowest BCUT2D eigenvalue weighted by atomic mass is 9.95. The standard InChI is InChI=1S/C12H9F9O/c13-9(14,8-3-1-2-7(6-8)4-5-22)10(15,16)11(17,18)12(19,20)21/h1-3,6,22H,4-5H2. The Labute approximate surface area is 118 Å². The van der Waals surface area contributed by atoms with E-state index < -0.39 is 36.1 Å². The van der Waals surface area contributed by atoms with Crippen LogP contribution < -0.4 is 0 Å². The Bertz CT molecular complexity index is 522. The molecule has 1 rings (SSSR count). The van der Waals surface area contributed by atoms with Gasteiger partial charge in [0.25, 0.3) is 0 Å². The summed E-state index contributed by atoms with van der Waals surface area (Å²) in [6.07, 6.45) is -7.10. The van der Waals surface area contributed by atoms with Crippen LogP contribution in [0, 0.1) is 0 Å². The van der Waals surface area contributed by atoms with Crippen LogP contribution in [0.1, 0.15) is 11.1 Å². The lowest BCUT2D eigenvalue weighted by molar-refractivity contribution is -0.399. The van der Waals surface area contributed by atoms with E-state index in [0.717, 1.165) is 12.1 Å². The molecule has 0 aliphatic carbocycles. The number of hydrogen-bond acceptors (Lipinski definition) is 1. The van der Waals surface area contributed by atoms with E-state index in [4.69, 9.17) is 5.11 Å². The van der Waals surface area contributed by atoms with Crippen LogP contribution in [0.15, 0.2) is 24.3 Å². The summed E-state index contributed by atoms with van der Waals surface area (Å²) >= 11 is 0. The molecule has 1 nitrogen and oxygen atoms in total. The van der Waals surface area contributed by atoms with E-state index >= 15 is 0 Å². The zero-order valence-corrected chi connectivity index (χ0v) is 10.6. The summed E-state index contributed by atoms with van der Waals surface area (Å²) in [6.45, 7) is -0.551. The molecule has 0 saturated carbocycles. The van der Waals surface area contributed by atoms with Crippen LogP contribution in [0.3, 0.4) is 0 Å². The summed E-state index contributed by atoms with van der Waals surface area (Å²) in [5, 5.41) is 8.60. The summed E-state index contributed by atoms with van der Waals surface area (Å²) < 4.78 is 115. The molecule has 1 aromatic carbocycles. The lowest BCUT2D eigenvalue weighted by Gasteiger charge is -2.33. The summed E-state index contributed by atoms with van der Waals surface area (Å²) in [6, 6.07) is 2.56. The third kappa shape index (κ3) is 2.88. The quantitative estimate of drug-likeness (QED) is 0.799. The number of halogens is 9. The van der Waals surface area contributed by atoms with Gasteiger partial charge in [-0.3, -0.25) is 0 Å². The molecule has 1 N–H and O–H groups in total. The first-order valence-electron chi connectivity index (χ1n) is 5.69. The van der Waals surface area contributed by atoms with Crippen molar-refractivity contribution in [1.82, 2.24) is 0 Å². The van der Waals surface area contributed by atoms with E-state index in [2.05, 4.69) is 0 Å². The van der Waals surface area contributed by atoms with Gasteiger partial charge in [0.1, 0.15) is 0 Å². The fourth-order valence-corrected chi connectivity index (χ4v) is 1.61. The number of aliphatic hydroxyl groups is 1. The maximum Gasteiger partial charge on any atom is 0.460 e. The normalized spacial score (nSPS) is 14.3. The molecule has 126 valence electrons. The largest absolute Gasteiger partial charge is 0.460 e. The number of rotatable bonds is 5. The third-order valence-electron chi connectivity index (χ3n) is 2.83. The molecule has 0 spiro atoms. The monoisotopic (exact) mass is 340 g/mol. The number of hydrogen-bond donors (Lipinski definition) is 1. The van der Waals surface area contributed by atoms with Gasteiger partial charge in [0, 0.05) is 12.2 Å². The molecule has 0 saturated heterocycles. The molecule has 0 atom stereocenters. The molecule has 0 bridgehead atoms. The van der Waals surface area contributed by atoms with E-state index in [9.17, 15) is 39.5 Å². The highest BCUT2D eigenvalue weighted by atomic mass is 19.4. The zero-order valence-electron chi connectivity index (χ0n) is 10.6. The van der Waals surface area contributed by atoms with Crippen molar-refractivity contribution in [3.63, 3.8) is 0 Å². The molecule has 10 heteroatoms. The first-order chi connectivity index (χ1) is 9.79. The number of aliphatic hydroxyl groups excluding tert-OH is 1. The van der Waals surface area contributed by atoms with Gasteiger partial charge in [-0.05, 0) is 18.1 Å². The molecule has 0 radical (unpaired) electrons. The second-order valence-corrected chi connectivity index (χ2v) is 4.39. The Hall–Kier alpha value is -1.45. The second-order valence-electron chi connectivity index (χ2n) is 4.39. The fraction of sp³-hybridized carbons (Fsp3) is 0.500. The highest BCUT2D eigenvalue weighted by Gasteiger charge is 2.81. The van der Waals surface area contributed by atoms with E-state index in [1.54, 1.807) is 0 Å². The average molecular weight is 340 g/mol. The van der Waals surface area contributed by atoms with Gasteiger partial charge < -0.3 is 5.11 Å². The molecule has 0 aliphatic rings. The van der Waals surface area contributed by atoms with Crippen molar-refractivity contribution < 1.29 is 44.6 Å². The van der Waals surface area contributed by atoms with Gasteiger partial charge >= 0.3 is 23.9 Å². The van der Waals surface area contributed by atoms with Gasteiger partial charge in [0.15, 0.2) is 0 Å². The van der Waals surface area contributed by atoms with Crippen LogP contribution in [0.5, 0.6) is 0 Å².